The van der Waals surface area contributed by atoms with E-state index >= 15 is 0 Å². The zero-order chi connectivity index (χ0) is 22.1. The van der Waals surface area contributed by atoms with Crippen LogP contribution in [0.3, 0.4) is 0 Å². The molecule has 6 N–H and O–H groups in total. The van der Waals surface area contributed by atoms with Crippen LogP contribution < -0.4 is 16.0 Å². The topological polar surface area (TPSA) is 148 Å². The highest BCUT2D eigenvalue weighted by Crippen LogP contribution is 2.16. The number of rotatable bonds is 8. The molecule has 0 spiro atoms. The van der Waals surface area contributed by atoms with Gasteiger partial charge >= 0.3 is 0 Å². The second-order valence-electron chi connectivity index (χ2n) is 6.68. The Kier molecular flexibility index (Phi) is 8.18. The molecule has 1 aliphatic carbocycles. The molecule has 0 radical (unpaired) electrons. The Morgan fingerprint density at radius 2 is 1.87 bits per heavy atom. The molecule has 0 aromatic heterocycles. The van der Waals surface area contributed by atoms with Gasteiger partial charge in [0.15, 0.2) is 0 Å². The SMILES string of the molecule is CNC(=O)C(CC1=CCC=C(O)C=C1)NC(=O)CC(O)C(=O)Nc1cccc(O)c1. The van der Waals surface area contributed by atoms with Gasteiger partial charge in [0.1, 0.15) is 23.7 Å². The molecule has 0 saturated heterocycles. The number of hydrogen-bond donors (Lipinski definition) is 6. The number of benzene rings is 1. The summed E-state index contributed by atoms with van der Waals surface area (Å²) in [6.45, 7) is 0. The van der Waals surface area contributed by atoms with Crippen LogP contribution in [0.15, 0.2) is 59.9 Å². The van der Waals surface area contributed by atoms with Crippen LogP contribution in [0.2, 0.25) is 0 Å². The summed E-state index contributed by atoms with van der Waals surface area (Å²) in [5.41, 5.74) is 1.01. The Balaban J connectivity index is 1.94. The van der Waals surface area contributed by atoms with Crippen LogP contribution in [0.25, 0.3) is 0 Å². The Morgan fingerprint density at radius 1 is 1.10 bits per heavy atom. The van der Waals surface area contributed by atoms with Crippen LogP contribution in [0.1, 0.15) is 19.3 Å². The Hall–Kier alpha value is -3.59. The van der Waals surface area contributed by atoms with Crippen LogP contribution in [-0.2, 0) is 14.4 Å². The monoisotopic (exact) mass is 415 g/mol. The zero-order valence-electron chi connectivity index (χ0n) is 16.5. The highest BCUT2D eigenvalue weighted by molar-refractivity contribution is 5.97. The molecule has 0 fully saturated rings. The average molecular weight is 415 g/mol. The molecular weight excluding hydrogens is 390 g/mol. The van der Waals surface area contributed by atoms with Gasteiger partial charge in [0.25, 0.3) is 5.91 Å². The smallest absolute Gasteiger partial charge is 0.253 e. The number of hydrogen-bond acceptors (Lipinski definition) is 6. The molecule has 2 atom stereocenters. The van der Waals surface area contributed by atoms with Crippen LogP contribution in [-0.4, -0.2) is 52.2 Å². The third kappa shape index (κ3) is 7.10. The summed E-state index contributed by atoms with van der Waals surface area (Å²) >= 11 is 0. The number of aliphatic hydroxyl groups excluding tert-OH is 2. The summed E-state index contributed by atoms with van der Waals surface area (Å²) in [7, 11) is 1.43. The number of phenolic OH excluding ortho intramolecular Hbond substituents is 1. The standard InChI is InChI=1S/C21H25N3O6/c1-22-20(29)17(10-13-4-2-6-15(25)9-8-13)24-19(28)12-18(27)21(30)23-14-5-3-7-16(26)11-14/h3-9,11,17-18,25-27H,2,10,12H2,1H3,(H,22,29)(H,23,30)(H,24,28). The lowest BCUT2D eigenvalue weighted by molar-refractivity contribution is -0.133. The number of nitrogens with one attached hydrogen (secondary N) is 3. The van der Waals surface area contributed by atoms with Gasteiger partial charge in [-0.2, -0.15) is 0 Å². The Labute approximate surface area is 173 Å². The quantitative estimate of drug-likeness (QED) is 0.374. The first-order valence-electron chi connectivity index (χ1n) is 9.33. The molecule has 1 aromatic carbocycles. The summed E-state index contributed by atoms with van der Waals surface area (Å²) < 4.78 is 0. The summed E-state index contributed by atoms with van der Waals surface area (Å²) in [5.74, 6) is -1.87. The van der Waals surface area contributed by atoms with Gasteiger partial charge in [0.2, 0.25) is 11.8 Å². The third-order valence-corrected chi connectivity index (χ3v) is 4.31. The molecule has 160 valence electrons. The first-order valence-corrected chi connectivity index (χ1v) is 9.33. The molecule has 9 nitrogen and oxygen atoms in total. The van der Waals surface area contributed by atoms with Crippen molar-refractivity contribution in [2.45, 2.75) is 31.4 Å². The first-order chi connectivity index (χ1) is 14.3. The van der Waals surface area contributed by atoms with Gasteiger partial charge in [0.05, 0.1) is 6.42 Å². The lowest BCUT2D eigenvalue weighted by Gasteiger charge is -2.19. The molecule has 3 amide bonds. The van der Waals surface area contributed by atoms with Crippen molar-refractivity contribution in [1.29, 1.82) is 0 Å². The van der Waals surface area contributed by atoms with Gasteiger partial charge in [-0.15, -0.1) is 0 Å². The van der Waals surface area contributed by atoms with Crippen molar-refractivity contribution in [3.8, 4) is 5.75 Å². The van der Waals surface area contributed by atoms with Gasteiger partial charge in [-0.3, -0.25) is 14.4 Å². The van der Waals surface area contributed by atoms with Gasteiger partial charge in [-0.05, 0) is 36.3 Å². The largest absolute Gasteiger partial charge is 0.508 e. The molecule has 2 unspecified atom stereocenters. The van der Waals surface area contributed by atoms with E-state index in [1.807, 2.05) is 6.08 Å². The second-order valence-corrected chi connectivity index (χ2v) is 6.68. The number of allylic oxidation sites excluding steroid dienone is 4. The minimum atomic E-state index is -1.64. The number of carbonyl (C=O) groups is 3. The number of amides is 3. The van der Waals surface area contributed by atoms with Crippen LogP contribution in [0.4, 0.5) is 5.69 Å². The normalized spacial score (nSPS) is 15.1. The molecule has 9 heteroatoms. The number of aromatic hydroxyl groups is 1. The van der Waals surface area contributed by atoms with Crippen molar-refractivity contribution < 1.29 is 29.7 Å². The fourth-order valence-electron chi connectivity index (χ4n) is 2.76. The van der Waals surface area contributed by atoms with Gasteiger partial charge in [-0.25, -0.2) is 0 Å². The molecule has 0 saturated carbocycles. The minimum absolute atomic E-state index is 0.0566. The van der Waals surface area contributed by atoms with Crippen molar-refractivity contribution in [1.82, 2.24) is 10.6 Å². The fourth-order valence-corrected chi connectivity index (χ4v) is 2.76. The van der Waals surface area contributed by atoms with Gasteiger partial charge in [-0.1, -0.05) is 18.2 Å². The van der Waals surface area contributed by atoms with E-state index in [0.29, 0.717) is 6.42 Å². The number of phenols is 1. The summed E-state index contributed by atoms with van der Waals surface area (Å²) in [5, 5.41) is 36.3. The molecule has 1 aliphatic rings. The molecule has 0 heterocycles. The molecule has 1 aromatic rings. The zero-order valence-corrected chi connectivity index (χ0v) is 16.5. The summed E-state index contributed by atoms with van der Waals surface area (Å²) in [6, 6.07) is 4.85. The lowest BCUT2D eigenvalue weighted by atomic mass is 10.0. The molecule has 2 rings (SSSR count). The molecular formula is C21H25N3O6. The van der Waals surface area contributed by atoms with Crippen LogP contribution >= 0.6 is 0 Å². The fraction of sp³-hybridized carbons (Fsp3) is 0.286. The van der Waals surface area contributed by atoms with E-state index in [4.69, 9.17) is 0 Å². The van der Waals surface area contributed by atoms with Gasteiger partial charge in [0, 0.05) is 25.2 Å². The number of likely N-dealkylation sites (N-methyl/N-ethyl adjacent to an activating group) is 1. The number of aliphatic hydroxyl groups is 2. The minimum Gasteiger partial charge on any atom is -0.508 e. The van der Waals surface area contributed by atoms with E-state index in [1.54, 1.807) is 12.2 Å². The number of carbonyl (C=O) groups excluding carboxylic acids is 3. The predicted octanol–water partition coefficient (Wildman–Crippen LogP) is 1.03. The van der Waals surface area contributed by atoms with Crippen molar-refractivity contribution in [3.05, 3.63) is 59.9 Å². The maximum Gasteiger partial charge on any atom is 0.253 e. The predicted molar refractivity (Wildman–Crippen MR) is 111 cm³/mol. The first kappa shape index (κ1) is 22.7. The van der Waals surface area contributed by atoms with E-state index in [9.17, 15) is 29.7 Å². The molecule has 0 aliphatic heterocycles. The van der Waals surface area contributed by atoms with E-state index in [-0.39, 0.29) is 23.6 Å². The Bertz CT molecular complexity index is 890. The third-order valence-electron chi connectivity index (χ3n) is 4.31. The van der Waals surface area contributed by atoms with E-state index < -0.39 is 36.3 Å². The second kappa shape index (κ2) is 10.8. The van der Waals surface area contributed by atoms with Gasteiger partial charge < -0.3 is 31.3 Å². The molecule has 0 bridgehead atoms. The average Bonchev–Trinajstić information content (AvgIpc) is 2.90. The van der Waals surface area contributed by atoms with E-state index in [1.165, 1.54) is 37.4 Å². The van der Waals surface area contributed by atoms with E-state index in [2.05, 4.69) is 16.0 Å². The van der Waals surface area contributed by atoms with Crippen molar-refractivity contribution >= 4 is 23.4 Å². The summed E-state index contributed by atoms with van der Waals surface area (Å²) in [6.07, 6.45) is 5.05. The van der Waals surface area contributed by atoms with Crippen LogP contribution in [0, 0.1) is 0 Å². The Morgan fingerprint density at radius 3 is 2.57 bits per heavy atom. The maximum atomic E-state index is 12.3. The van der Waals surface area contributed by atoms with Crippen LogP contribution in [0.5, 0.6) is 5.75 Å². The summed E-state index contributed by atoms with van der Waals surface area (Å²) in [4.78, 5) is 36.5. The number of anilines is 1. The highest BCUT2D eigenvalue weighted by atomic mass is 16.3. The van der Waals surface area contributed by atoms with Crippen molar-refractivity contribution in [2.24, 2.45) is 0 Å². The molecule has 30 heavy (non-hydrogen) atoms. The lowest BCUT2D eigenvalue weighted by Crippen LogP contribution is -2.47. The van der Waals surface area contributed by atoms with E-state index in [0.717, 1.165) is 5.57 Å². The maximum absolute atomic E-state index is 12.3. The van der Waals surface area contributed by atoms with Crippen molar-refractivity contribution in [3.63, 3.8) is 0 Å². The highest BCUT2D eigenvalue weighted by Gasteiger charge is 2.24. The van der Waals surface area contributed by atoms with Crippen molar-refractivity contribution in [2.75, 3.05) is 12.4 Å².